The van der Waals surface area contributed by atoms with Gasteiger partial charge in [-0.3, -0.25) is 0 Å². The standard InChI is InChI=1S/C22H27F2NO3/c1-2-15-11-17(23)4-7-21(15)27-14-19(26)13-25-10-9-20-6-3-16-12-18(24)5-8-22(16)28-20/h4-5,7-8,11-12,19-20,25-26H,2-3,6,9-10,13-14H2,1H3/t19-,20-/m1/s1. The first kappa shape index (κ1) is 20.6. The minimum absolute atomic E-state index is 0.0881. The summed E-state index contributed by atoms with van der Waals surface area (Å²) in [5.74, 6) is 0.847. The highest BCUT2D eigenvalue weighted by Crippen LogP contribution is 2.29. The maximum atomic E-state index is 13.2. The van der Waals surface area contributed by atoms with Crippen molar-refractivity contribution in [2.45, 2.75) is 44.8 Å². The highest BCUT2D eigenvalue weighted by Gasteiger charge is 2.20. The maximum Gasteiger partial charge on any atom is 0.123 e. The molecule has 4 nitrogen and oxygen atoms in total. The molecule has 0 aromatic heterocycles. The van der Waals surface area contributed by atoms with Gasteiger partial charge in [0, 0.05) is 6.54 Å². The predicted octanol–water partition coefficient (Wildman–Crippen LogP) is 3.64. The Labute approximate surface area is 164 Å². The van der Waals surface area contributed by atoms with E-state index in [2.05, 4.69) is 5.32 Å². The first-order valence-electron chi connectivity index (χ1n) is 9.80. The molecule has 6 heteroatoms. The number of benzene rings is 2. The lowest BCUT2D eigenvalue weighted by Gasteiger charge is -2.26. The summed E-state index contributed by atoms with van der Waals surface area (Å²) in [6.45, 7) is 3.18. The molecule has 2 aromatic carbocycles. The summed E-state index contributed by atoms with van der Waals surface area (Å²) in [6, 6.07) is 9.04. The first-order chi connectivity index (χ1) is 13.5. The Bertz CT molecular complexity index is 784. The molecule has 0 bridgehead atoms. The van der Waals surface area contributed by atoms with E-state index in [-0.39, 0.29) is 24.3 Å². The highest BCUT2D eigenvalue weighted by atomic mass is 19.1. The number of nitrogens with one attached hydrogen (secondary N) is 1. The van der Waals surface area contributed by atoms with E-state index < -0.39 is 6.10 Å². The van der Waals surface area contributed by atoms with Gasteiger partial charge in [0.1, 0.15) is 41.9 Å². The molecule has 28 heavy (non-hydrogen) atoms. The van der Waals surface area contributed by atoms with E-state index in [9.17, 15) is 13.9 Å². The van der Waals surface area contributed by atoms with Crippen molar-refractivity contribution in [2.24, 2.45) is 0 Å². The number of hydrogen-bond donors (Lipinski definition) is 2. The number of hydrogen-bond acceptors (Lipinski definition) is 4. The molecule has 2 atom stereocenters. The van der Waals surface area contributed by atoms with Crippen molar-refractivity contribution < 1.29 is 23.4 Å². The second kappa shape index (κ2) is 9.85. The lowest BCUT2D eigenvalue weighted by atomic mass is 10.0. The molecule has 1 heterocycles. The second-order valence-electron chi connectivity index (χ2n) is 7.09. The van der Waals surface area contributed by atoms with E-state index in [0.717, 1.165) is 36.1 Å². The van der Waals surface area contributed by atoms with Crippen molar-refractivity contribution >= 4 is 0 Å². The van der Waals surface area contributed by atoms with E-state index in [1.165, 1.54) is 24.3 Å². The van der Waals surface area contributed by atoms with Crippen LogP contribution in [0.25, 0.3) is 0 Å². The Morgan fingerprint density at radius 3 is 2.82 bits per heavy atom. The molecular weight excluding hydrogens is 364 g/mol. The molecule has 0 saturated heterocycles. The van der Waals surface area contributed by atoms with E-state index in [1.807, 2.05) is 6.92 Å². The zero-order valence-electron chi connectivity index (χ0n) is 16.1. The molecule has 0 saturated carbocycles. The van der Waals surface area contributed by atoms with Crippen molar-refractivity contribution in [1.82, 2.24) is 5.32 Å². The molecule has 152 valence electrons. The number of aliphatic hydroxyl groups excluding tert-OH is 1. The topological polar surface area (TPSA) is 50.7 Å². The highest BCUT2D eigenvalue weighted by molar-refractivity contribution is 5.36. The molecule has 0 spiro atoms. The third kappa shape index (κ3) is 5.66. The number of aliphatic hydroxyl groups is 1. The van der Waals surface area contributed by atoms with Crippen molar-refractivity contribution in [3.63, 3.8) is 0 Å². The number of halogens is 2. The molecule has 1 aliphatic heterocycles. The molecular formula is C22H27F2NO3. The third-order valence-electron chi connectivity index (χ3n) is 4.91. The maximum absolute atomic E-state index is 13.2. The first-order valence-corrected chi connectivity index (χ1v) is 9.80. The van der Waals surface area contributed by atoms with Gasteiger partial charge in [-0.25, -0.2) is 8.78 Å². The summed E-state index contributed by atoms with van der Waals surface area (Å²) in [5, 5.41) is 13.3. The van der Waals surface area contributed by atoms with Crippen LogP contribution in [-0.2, 0) is 12.8 Å². The monoisotopic (exact) mass is 391 g/mol. The molecule has 0 radical (unpaired) electrons. The summed E-state index contributed by atoms with van der Waals surface area (Å²) in [7, 11) is 0. The fraction of sp³-hybridized carbons (Fsp3) is 0.455. The largest absolute Gasteiger partial charge is 0.491 e. The van der Waals surface area contributed by atoms with Crippen LogP contribution in [0.5, 0.6) is 11.5 Å². The Hall–Kier alpha value is -2.18. The average molecular weight is 391 g/mol. The van der Waals surface area contributed by atoms with E-state index >= 15 is 0 Å². The fourth-order valence-electron chi connectivity index (χ4n) is 3.36. The average Bonchev–Trinajstić information content (AvgIpc) is 2.70. The van der Waals surface area contributed by atoms with Gasteiger partial charge in [-0.15, -0.1) is 0 Å². The fourth-order valence-corrected chi connectivity index (χ4v) is 3.36. The predicted molar refractivity (Wildman–Crippen MR) is 104 cm³/mol. The van der Waals surface area contributed by atoms with Crippen LogP contribution in [0.1, 0.15) is 30.9 Å². The summed E-state index contributed by atoms with van der Waals surface area (Å²) in [4.78, 5) is 0. The van der Waals surface area contributed by atoms with Crippen LogP contribution in [0, 0.1) is 11.6 Å². The quantitative estimate of drug-likeness (QED) is 0.641. The van der Waals surface area contributed by atoms with Gasteiger partial charge in [-0.05, 0) is 79.8 Å². The van der Waals surface area contributed by atoms with Crippen LogP contribution in [-0.4, -0.2) is 37.0 Å². The molecule has 0 amide bonds. The zero-order valence-corrected chi connectivity index (χ0v) is 16.1. The Morgan fingerprint density at radius 1 is 1.21 bits per heavy atom. The van der Waals surface area contributed by atoms with Crippen LogP contribution >= 0.6 is 0 Å². The lowest BCUT2D eigenvalue weighted by molar-refractivity contribution is 0.103. The van der Waals surface area contributed by atoms with Crippen LogP contribution < -0.4 is 14.8 Å². The minimum atomic E-state index is -0.661. The van der Waals surface area contributed by atoms with Gasteiger partial charge >= 0.3 is 0 Å². The van der Waals surface area contributed by atoms with Crippen LogP contribution in [0.3, 0.4) is 0 Å². The summed E-state index contributed by atoms with van der Waals surface area (Å²) in [5.41, 5.74) is 1.71. The van der Waals surface area contributed by atoms with Gasteiger partial charge in [0.2, 0.25) is 0 Å². The Kier molecular flexibility index (Phi) is 7.23. The Morgan fingerprint density at radius 2 is 2.00 bits per heavy atom. The molecule has 0 unspecified atom stereocenters. The number of rotatable bonds is 9. The van der Waals surface area contributed by atoms with Gasteiger partial charge in [0.05, 0.1) is 0 Å². The molecule has 1 aliphatic rings. The normalized spacial score (nSPS) is 16.9. The Balaban J connectivity index is 1.35. The number of fused-ring (bicyclic) bond motifs is 1. The third-order valence-corrected chi connectivity index (χ3v) is 4.91. The van der Waals surface area contributed by atoms with E-state index in [0.29, 0.717) is 25.3 Å². The smallest absolute Gasteiger partial charge is 0.123 e. The molecule has 2 N–H and O–H groups in total. The summed E-state index contributed by atoms with van der Waals surface area (Å²) < 4.78 is 38.0. The minimum Gasteiger partial charge on any atom is -0.491 e. The number of ether oxygens (including phenoxy) is 2. The zero-order chi connectivity index (χ0) is 19.9. The molecule has 0 aliphatic carbocycles. The molecule has 3 rings (SSSR count). The van der Waals surface area contributed by atoms with Gasteiger partial charge in [-0.2, -0.15) is 0 Å². The van der Waals surface area contributed by atoms with Crippen molar-refractivity contribution in [3.8, 4) is 11.5 Å². The van der Waals surface area contributed by atoms with Gasteiger partial charge in [0.25, 0.3) is 0 Å². The van der Waals surface area contributed by atoms with E-state index in [1.54, 1.807) is 12.1 Å². The lowest BCUT2D eigenvalue weighted by Crippen LogP contribution is -2.34. The summed E-state index contributed by atoms with van der Waals surface area (Å²) >= 11 is 0. The van der Waals surface area contributed by atoms with Crippen LogP contribution in [0.15, 0.2) is 36.4 Å². The number of aryl methyl sites for hydroxylation is 2. The van der Waals surface area contributed by atoms with Gasteiger partial charge in [0.15, 0.2) is 0 Å². The van der Waals surface area contributed by atoms with Gasteiger partial charge < -0.3 is 19.9 Å². The van der Waals surface area contributed by atoms with Crippen molar-refractivity contribution in [3.05, 3.63) is 59.2 Å². The van der Waals surface area contributed by atoms with Crippen LogP contribution in [0.4, 0.5) is 8.78 Å². The SMILES string of the molecule is CCc1cc(F)ccc1OC[C@H](O)CNCC[C@H]1CCc2cc(F)ccc2O1. The second-order valence-corrected chi connectivity index (χ2v) is 7.09. The van der Waals surface area contributed by atoms with Crippen molar-refractivity contribution in [1.29, 1.82) is 0 Å². The van der Waals surface area contributed by atoms with E-state index in [4.69, 9.17) is 9.47 Å². The molecule has 0 fully saturated rings. The van der Waals surface area contributed by atoms with Crippen LogP contribution in [0.2, 0.25) is 0 Å². The van der Waals surface area contributed by atoms with Gasteiger partial charge in [-0.1, -0.05) is 6.92 Å². The molecule has 2 aromatic rings. The van der Waals surface area contributed by atoms with Crippen molar-refractivity contribution in [2.75, 3.05) is 19.7 Å². The summed E-state index contributed by atoms with van der Waals surface area (Å²) in [6.07, 6.45) is 2.57.